The quantitative estimate of drug-likeness (QED) is 0.719. The number of hydrogen-bond donors (Lipinski definition) is 1. The molecule has 2 heterocycles. The third-order valence-corrected chi connectivity index (χ3v) is 4.96. The van der Waals surface area contributed by atoms with Gasteiger partial charge in [0, 0.05) is 6.20 Å². The van der Waals surface area contributed by atoms with Gasteiger partial charge in [-0.05, 0) is 60.5 Å². The van der Waals surface area contributed by atoms with Gasteiger partial charge in [-0.15, -0.1) is 0 Å². The zero-order valence-electron chi connectivity index (χ0n) is 14.0. The van der Waals surface area contributed by atoms with Crippen molar-refractivity contribution in [1.82, 2.24) is 19.6 Å². The average molecular weight is 406 g/mol. The van der Waals surface area contributed by atoms with E-state index in [4.69, 9.17) is 0 Å². The van der Waals surface area contributed by atoms with E-state index in [0.717, 1.165) is 21.4 Å². The van der Waals surface area contributed by atoms with Crippen LogP contribution < -0.4 is 5.32 Å². The van der Waals surface area contributed by atoms with Crippen molar-refractivity contribution in [2.45, 2.75) is 27.4 Å². The molecule has 2 aromatic heterocycles. The number of halogens is 2. The molecule has 8 heteroatoms. The van der Waals surface area contributed by atoms with E-state index in [0.29, 0.717) is 6.67 Å². The zero-order chi connectivity index (χ0) is 18.1. The summed E-state index contributed by atoms with van der Waals surface area (Å²) in [7, 11) is 0. The highest BCUT2D eigenvalue weighted by Crippen LogP contribution is 2.20. The Balaban J connectivity index is 1.75. The van der Waals surface area contributed by atoms with Gasteiger partial charge in [0.1, 0.15) is 12.5 Å². The first-order valence-corrected chi connectivity index (χ1v) is 8.45. The van der Waals surface area contributed by atoms with Crippen molar-refractivity contribution in [3.8, 4) is 0 Å². The molecule has 0 radical (unpaired) electrons. The molecule has 0 aliphatic heterocycles. The molecule has 3 rings (SSSR count). The monoisotopic (exact) mass is 405 g/mol. The van der Waals surface area contributed by atoms with Crippen molar-refractivity contribution < 1.29 is 9.18 Å². The van der Waals surface area contributed by atoms with E-state index in [1.165, 1.54) is 6.07 Å². The van der Waals surface area contributed by atoms with Crippen LogP contribution in [0, 0.1) is 26.6 Å². The van der Waals surface area contributed by atoms with Crippen LogP contribution in [-0.4, -0.2) is 25.5 Å². The fourth-order valence-electron chi connectivity index (χ4n) is 2.43. The van der Waals surface area contributed by atoms with Gasteiger partial charge in [0.15, 0.2) is 5.69 Å². The minimum absolute atomic E-state index is 0.141. The SMILES string of the molecule is Cc1ccc(F)c(NC(=O)c2ccn(Cn3nc(C)c(Br)c3C)n2)c1. The Morgan fingerprint density at radius 2 is 2.00 bits per heavy atom. The summed E-state index contributed by atoms with van der Waals surface area (Å²) in [6.45, 7) is 6.06. The standard InChI is InChI=1S/C17H17BrFN5O/c1-10-4-5-13(19)15(8-10)20-17(25)14-6-7-23(22-14)9-24-12(3)16(18)11(2)21-24/h4-8H,9H2,1-3H3,(H,20,25). The average Bonchev–Trinajstić information content (AvgIpc) is 3.13. The zero-order valence-corrected chi connectivity index (χ0v) is 15.6. The number of amides is 1. The van der Waals surface area contributed by atoms with Gasteiger partial charge in [-0.2, -0.15) is 10.2 Å². The van der Waals surface area contributed by atoms with E-state index in [9.17, 15) is 9.18 Å². The summed E-state index contributed by atoms with van der Waals surface area (Å²) in [5.74, 6) is -0.941. The third kappa shape index (κ3) is 3.63. The normalized spacial score (nSPS) is 10.9. The molecule has 0 spiro atoms. The Morgan fingerprint density at radius 1 is 1.24 bits per heavy atom. The van der Waals surface area contributed by atoms with E-state index >= 15 is 0 Å². The van der Waals surface area contributed by atoms with E-state index in [1.54, 1.807) is 33.8 Å². The number of aryl methyl sites for hydroxylation is 2. The minimum Gasteiger partial charge on any atom is -0.318 e. The van der Waals surface area contributed by atoms with Crippen LogP contribution in [0.15, 0.2) is 34.9 Å². The molecule has 0 saturated heterocycles. The first kappa shape index (κ1) is 17.3. The first-order chi connectivity index (χ1) is 11.8. The Hall–Kier alpha value is -2.48. The molecule has 0 bridgehead atoms. The van der Waals surface area contributed by atoms with Crippen LogP contribution in [0.2, 0.25) is 0 Å². The predicted molar refractivity (Wildman–Crippen MR) is 96.1 cm³/mol. The topological polar surface area (TPSA) is 64.7 Å². The molecule has 0 atom stereocenters. The van der Waals surface area contributed by atoms with Crippen molar-refractivity contribution in [1.29, 1.82) is 0 Å². The molecule has 1 N–H and O–H groups in total. The van der Waals surface area contributed by atoms with Gasteiger partial charge in [-0.3, -0.25) is 9.48 Å². The number of carbonyl (C=O) groups excluding carboxylic acids is 1. The summed E-state index contributed by atoms with van der Waals surface area (Å²) in [6.07, 6.45) is 1.69. The van der Waals surface area contributed by atoms with Crippen LogP contribution in [0.25, 0.3) is 0 Å². The largest absolute Gasteiger partial charge is 0.318 e. The van der Waals surface area contributed by atoms with Crippen LogP contribution in [0.1, 0.15) is 27.4 Å². The fourth-order valence-corrected chi connectivity index (χ4v) is 2.72. The van der Waals surface area contributed by atoms with Gasteiger partial charge >= 0.3 is 0 Å². The van der Waals surface area contributed by atoms with Crippen LogP contribution in [0.3, 0.4) is 0 Å². The molecule has 1 amide bonds. The highest BCUT2D eigenvalue weighted by Gasteiger charge is 2.14. The fraction of sp³-hybridized carbons (Fsp3) is 0.235. The number of nitrogens with one attached hydrogen (secondary N) is 1. The molecule has 0 saturated carbocycles. The van der Waals surface area contributed by atoms with Gasteiger partial charge in [0.25, 0.3) is 5.91 Å². The summed E-state index contributed by atoms with van der Waals surface area (Å²) in [5.41, 5.74) is 3.07. The molecular formula is C17H17BrFN5O. The molecule has 0 fully saturated rings. The molecule has 0 aliphatic rings. The second kappa shape index (κ2) is 6.79. The van der Waals surface area contributed by atoms with Crippen LogP contribution in [0.5, 0.6) is 0 Å². The number of rotatable bonds is 4. The molecule has 1 aromatic carbocycles. The number of nitrogens with zero attached hydrogens (tertiary/aromatic N) is 4. The summed E-state index contributed by atoms with van der Waals surface area (Å²) < 4.78 is 18.1. The van der Waals surface area contributed by atoms with Crippen molar-refractivity contribution >= 4 is 27.5 Å². The van der Waals surface area contributed by atoms with Gasteiger partial charge in [-0.1, -0.05) is 6.07 Å². The smallest absolute Gasteiger partial charge is 0.276 e. The van der Waals surface area contributed by atoms with Gasteiger partial charge < -0.3 is 5.32 Å². The van der Waals surface area contributed by atoms with Crippen LogP contribution in [0.4, 0.5) is 10.1 Å². The van der Waals surface area contributed by atoms with Crippen molar-refractivity contribution in [3.05, 3.63) is 63.4 Å². The Kier molecular flexibility index (Phi) is 4.71. The number of benzene rings is 1. The summed E-state index contributed by atoms with van der Waals surface area (Å²) in [6, 6.07) is 6.14. The minimum atomic E-state index is -0.481. The maximum atomic E-state index is 13.8. The van der Waals surface area contributed by atoms with E-state index in [2.05, 4.69) is 31.4 Å². The van der Waals surface area contributed by atoms with Crippen molar-refractivity contribution in [3.63, 3.8) is 0 Å². The lowest BCUT2D eigenvalue weighted by molar-refractivity contribution is 0.102. The van der Waals surface area contributed by atoms with Crippen LogP contribution >= 0.6 is 15.9 Å². The Bertz CT molecular complexity index is 947. The van der Waals surface area contributed by atoms with Gasteiger partial charge in [-0.25, -0.2) is 9.07 Å². The number of aromatic nitrogens is 4. The lowest BCUT2D eigenvalue weighted by Crippen LogP contribution is -2.16. The van der Waals surface area contributed by atoms with Gasteiger partial charge in [0.2, 0.25) is 0 Å². The molecule has 130 valence electrons. The van der Waals surface area contributed by atoms with Gasteiger partial charge in [0.05, 0.1) is 21.5 Å². The predicted octanol–water partition coefficient (Wildman–Crippen LogP) is 3.66. The highest BCUT2D eigenvalue weighted by atomic mass is 79.9. The highest BCUT2D eigenvalue weighted by molar-refractivity contribution is 9.10. The number of anilines is 1. The number of carbonyl (C=O) groups is 1. The number of hydrogen-bond acceptors (Lipinski definition) is 3. The summed E-state index contributed by atoms with van der Waals surface area (Å²) >= 11 is 3.48. The second-order valence-electron chi connectivity index (χ2n) is 5.80. The maximum Gasteiger partial charge on any atom is 0.276 e. The molecular weight excluding hydrogens is 389 g/mol. The first-order valence-electron chi connectivity index (χ1n) is 7.65. The summed E-state index contributed by atoms with van der Waals surface area (Å²) in [4.78, 5) is 12.3. The molecule has 0 aliphatic carbocycles. The maximum absolute atomic E-state index is 13.8. The second-order valence-corrected chi connectivity index (χ2v) is 6.60. The van der Waals surface area contributed by atoms with Crippen LogP contribution in [-0.2, 0) is 6.67 Å². The molecule has 25 heavy (non-hydrogen) atoms. The van der Waals surface area contributed by atoms with E-state index in [1.807, 2.05) is 20.8 Å². The lowest BCUT2D eigenvalue weighted by atomic mass is 10.2. The van der Waals surface area contributed by atoms with E-state index < -0.39 is 11.7 Å². The Morgan fingerprint density at radius 3 is 2.68 bits per heavy atom. The lowest BCUT2D eigenvalue weighted by Gasteiger charge is -2.06. The molecule has 3 aromatic rings. The van der Waals surface area contributed by atoms with Crippen molar-refractivity contribution in [2.24, 2.45) is 0 Å². The third-order valence-electron chi connectivity index (χ3n) is 3.82. The Labute approximate surface area is 152 Å². The molecule has 6 nitrogen and oxygen atoms in total. The van der Waals surface area contributed by atoms with Crippen molar-refractivity contribution in [2.75, 3.05) is 5.32 Å². The molecule has 0 unspecified atom stereocenters. The van der Waals surface area contributed by atoms with E-state index in [-0.39, 0.29) is 11.4 Å². The summed E-state index contributed by atoms with van der Waals surface area (Å²) in [5, 5.41) is 11.2.